The van der Waals surface area contributed by atoms with Crippen molar-refractivity contribution in [3.63, 3.8) is 0 Å². The number of rotatable bonds is 4. The summed E-state index contributed by atoms with van der Waals surface area (Å²) in [5.74, 6) is 0.629. The molecular formula is C36H23N3O2S2. The molecule has 2 heterocycles. The Morgan fingerprint density at radius 1 is 0.535 bits per heavy atom. The fourth-order valence-corrected chi connectivity index (χ4v) is 8.01. The number of aromatic nitrogens is 2. The van der Waals surface area contributed by atoms with Crippen molar-refractivity contribution < 1.29 is 8.42 Å². The van der Waals surface area contributed by atoms with Gasteiger partial charge >= 0.3 is 0 Å². The summed E-state index contributed by atoms with van der Waals surface area (Å²) >= 11 is 1.37. The molecule has 7 heteroatoms. The number of benzene rings is 6. The normalized spacial score (nSPS) is 13.4. The van der Waals surface area contributed by atoms with Crippen molar-refractivity contribution >= 4 is 49.2 Å². The van der Waals surface area contributed by atoms with Crippen LogP contribution in [0.4, 0.5) is 17.1 Å². The molecule has 0 bridgehead atoms. The first-order valence-electron chi connectivity index (χ1n) is 13.8. The summed E-state index contributed by atoms with van der Waals surface area (Å²) in [7, 11) is -3.63. The average molecular weight is 594 g/mol. The lowest BCUT2D eigenvalue weighted by molar-refractivity contribution is 0.595. The van der Waals surface area contributed by atoms with Crippen LogP contribution < -0.4 is 4.90 Å². The second-order valence-electron chi connectivity index (χ2n) is 10.4. The van der Waals surface area contributed by atoms with Crippen molar-refractivity contribution in [1.82, 2.24) is 9.36 Å². The van der Waals surface area contributed by atoms with E-state index in [4.69, 9.17) is 9.36 Å². The van der Waals surface area contributed by atoms with Crippen LogP contribution in [0.3, 0.4) is 0 Å². The zero-order chi connectivity index (χ0) is 29.0. The quantitative estimate of drug-likeness (QED) is 0.203. The lowest BCUT2D eigenvalue weighted by atomic mass is 10.00. The van der Waals surface area contributed by atoms with Crippen molar-refractivity contribution in [1.29, 1.82) is 0 Å². The number of para-hydroxylation sites is 2. The van der Waals surface area contributed by atoms with Crippen molar-refractivity contribution in [2.75, 3.05) is 4.90 Å². The fraction of sp³-hybridized carbons (Fsp3) is 0. The van der Waals surface area contributed by atoms with Gasteiger partial charge in [0.2, 0.25) is 9.84 Å². The Hall–Kier alpha value is -5.11. The molecule has 8 rings (SSSR count). The molecule has 1 aromatic heterocycles. The third-order valence-electron chi connectivity index (χ3n) is 7.77. The van der Waals surface area contributed by atoms with Crippen LogP contribution in [0.25, 0.3) is 43.9 Å². The highest BCUT2D eigenvalue weighted by atomic mass is 32.2. The lowest BCUT2D eigenvalue weighted by Crippen LogP contribution is -2.22. The molecule has 0 saturated heterocycles. The van der Waals surface area contributed by atoms with Gasteiger partial charge < -0.3 is 4.90 Å². The van der Waals surface area contributed by atoms with Gasteiger partial charge in [-0.2, -0.15) is 4.37 Å². The predicted octanol–water partition coefficient (Wildman–Crippen LogP) is 9.31. The Morgan fingerprint density at radius 2 is 1.16 bits per heavy atom. The summed E-state index contributed by atoms with van der Waals surface area (Å²) in [6, 6.07) is 45.5. The minimum Gasteiger partial charge on any atom is -0.308 e. The van der Waals surface area contributed by atoms with Gasteiger partial charge in [-0.1, -0.05) is 91.0 Å². The van der Waals surface area contributed by atoms with E-state index in [2.05, 4.69) is 66.7 Å². The summed E-state index contributed by atoms with van der Waals surface area (Å²) in [5, 5.41) is 3.26. The molecule has 0 spiro atoms. The number of nitrogens with zero attached hydrogens (tertiary/aromatic N) is 3. The first-order valence-corrected chi connectivity index (χ1v) is 16.1. The van der Waals surface area contributed by atoms with E-state index < -0.39 is 9.84 Å². The highest BCUT2D eigenvalue weighted by Gasteiger charge is 2.34. The van der Waals surface area contributed by atoms with E-state index in [1.54, 1.807) is 24.3 Å². The van der Waals surface area contributed by atoms with Crippen LogP contribution in [0.5, 0.6) is 0 Å². The van der Waals surface area contributed by atoms with Gasteiger partial charge in [-0.05, 0) is 82.0 Å². The predicted molar refractivity (Wildman–Crippen MR) is 174 cm³/mol. The van der Waals surface area contributed by atoms with Crippen molar-refractivity contribution in [2.45, 2.75) is 9.79 Å². The van der Waals surface area contributed by atoms with Gasteiger partial charge in [0.05, 0.1) is 21.2 Å². The molecule has 1 aliphatic heterocycles. The van der Waals surface area contributed by atoms with E-state index in [1.165, 1.54) is 22.3 Å². The Kier molecular flexibility index (Phi) is 5.96. The SMILES string of the molecule is O=S1(=O)c2ccccc2N(c2cccc(-c3nsc(-c4cccc(-c5ccc6ccccc6c5)c4)n3)c2)c2ccccc21. The minimum absolute atomic E-state index is 0.291. The maximum absolute atomic E-state index is 13.4. The maximum atomic E-state index is 13.4. The molecule has 0 radical (unpaired) electrons. The molecule has 0 N–H and O–H groups in total. The minimum atomic E-state index is -3.63. The zero-order valence-electron chi connectivity index (χ0n) is 22.8. The van der Waals surface area contributed by atoms with Gasteiger partial charge in [0.15, 0.2) is 5.82 Å². The standard InChI is InChI=1S/C36H23N3O2S2/c40-43(41)33-17-5-3-15-31(33)39(32-16-4-6-18-34(32)43)30-14-8-12-28(23-30)35-37-36(42-38-35)29-13-7-11-26(22-29)27-20-19-24-9-1-2-10-25(24)21-27/h1-23H. The summed E-state index contributed by atoms with van der Waals surface area (Å²) in [4.78, 5) is 7.50. The summed E-state index contributed by atoms with van der Waals surface area (Å²) < 4.78 is 31.6. The van der Waals surface area contributed by atoms with E-state index >= 15 is 0 Å². The summed E-state index contributed by atoms with van der Waals surface area (Å²) in [5.41, 5.74) is 6.22. The molecule has 0 aliphatic carbocycles. The van der Waals surface area contributed by atoms with E-state index in [0.29, 0.717) is 27.0 Å². The Balaban J connectivity index is 1.16. The largest absolute Gasteiger partial charge is 0.308 e. The average Bonchev–Trinajstić information content (AvgIpc) is 3.56. The molecule has 0 saturated carbocycles. The second-order valence-corrected chi connectivity index (χ2v) is 13.0. The van der Waals surface area contributed by atoms with E-state index in [0.717, 1.165) is 32.9 Å². The van der Waals surface area contributed by atoms with Gasteiger partial charge in [-0.15, -0.1) is 0 Å². The van der Waals surface area contributed by atoms with Gasteiger partial charge in [0.25, 0.3) is 0 Å². The van der Waals surface area contributed by atoms with Gasteiger partial charge in [0.1, 0.15) is 5.01 Å². The third-order valence-corrected chi connectivity index (χ3v) is 10.4. The number of hydrogen-bond acceptors (Lipinski definition) is 6. The van der Waals surface area contributed by atoms with Crippen LogP contribution in [0.2, 0.25) is 0 Å². The number of sulfone groups is 1. The van der Waals surface area contributed by atoms with Crippen LogP contribution in [0, 0.1) is 0 Å². The highest BCUT2D eigenvalue weighted by molar-refractivity contribution is 7.92. The topological polar surface area (TPSA) is 63.2 Å². The number of anilines is 3. The molecule has 43 heavy (non-hydrogen) atoms. The molecule has 7 aromatic rings. The molecule has 0 fully saturated rings. The first-order chi connectivity index (χ1) is 21.1. The first kappa shape index (κ1) is 25.6. The number of fused-ring (bicyclic) bond motifs is 3. The zero-order valence-corrected chi connectivity index (χ0v) is 24.4. The molecule has 0 amide bonds. The van der Waals surface area contributed by atoms with Crippen molar-refractivity contribution in [3.05, 3.63) is 140 Å². The molecule has 0 unspecified atom stereocenters. The van der Waals surface area contributed by atoms with Crippen LogP contribution >= 0.6 is 11.5 Å². The fourth-order valence-electron chi connectivity index (χ4n) is 5.71. The Labute approximate surface area is 253 Å². The van der Waals surface area contributed by atoms with Crippen LogP contribution in [0.15, 0.2) is 149 Å². The molecular weight excluding hydrogens is 571 g/mol. The van der Waals surface area contributed by atoms with Gasteiger partial charge in [0, 0.05) is 16.8 Å². The van der Waals surface area contributed by atoms with Crippen molar-refractivity contribution in [3.8, 4) is 33.1 Å². The van der Waals surface area contributed by atoms with Gasteiger partial charge in [-0.3, -0.25) is 0 Å². The lowest BCUT2D eigenvalue weighted by Gasteiger charge is -2.33. The van der Waals surface area contributed by atoms with E-state index in [1.807, 2.05) is 53.4 Å². The Bertz CT molecular complexity index is 2240. The Morgan fingerprint density at radius 3 is 1.95 bits per heavy atom. The van der Waals surface area contributed by atoms with Crippen LogP contribution in [-0.2, 0) is 9.84 Å². The van der Waals surface area contributed by atoms with E-state index in [9.17, 15) is 8.42 Å². The molecule has 206 valence electrons. The van der Waals surface area contributed by atoms with Gasteiger partial charge in [-0.25, -0.2) is 13.4 Å². The van der Waals surface area contributed by atoms with Crippen LogP contribution in [-0.4, -0.2) is 17.8 Å². The molecule has 6 aromatic carbocycles. The summed E-state index contributed by atoms with van der Waals surface area (Å²) in [6.07, 6.45) is 0. The highest BCUT2D eigenvalue weighted by Crippen LogP contribution is 2.48. The second kappa shape index (κ2) is 10.0. The number of hydrogen-bond donors (Lipinski definition) is 0. The molecule has 5 nitrogen and oxygen atoms in total. The third kappa shape index (κ3) is 4.33. The van der Waals surface area contributed by atoms with E-state index in [-0.39, 0.29) is 0 Å². The maximum Gasteiger partial charge on any atom is 0.210 e. The summed E-state index contributed by atoms with van der Waals surface area (Å²) in [6.45, 7) is 0. The monoisotopic (exact) mass is 593 g/mol. The smallest absolute Gasteiger partial charge is 0.210 e. The van der Waals surface area contributed by atoms with Crippen LogP contribution in [0.1, 0.15) is 0 Å². The van der Waals surface area contributed by atoms with Crippen molar-refractivity contribution in [2.24, 2.45) is 0 Å². The molecule has 0 atom stereocenters. The molecule has 1 aliphatic rings.